The number of pyridine rings is 4. The molecule has 0 spiro atoms. The van der Waals surface area contributed by atoms with Crippen LogP contribution in [0.15, 0.2) is 85.2 Å². The molecule has 0 unspecified atom stereocenters. The van der Waals surface area contributed by atoms with Gasteiger partial charge in [-0.15, -0.1) is 11.3 Å². The summed E-state index contributed by atoms with van der Waals surface area (Å²) in [6.45, 7) is 13.7. The zero-order valence-electron chi connectivity index (χ0n) is 22.3. The van der Waals surface area contributed by atoms with E-state index in [9.17, 15) is 0 Å². The zero-order valence-corrected chi connectivity index (χ0v) is 23.1. The minimum Gasteiger partial charge on any atom is -0.255 e. The molecule has 0 N–H and O–H groups in total. The normalized spacial score (nSPS) is 12.1. The monoisotopic (exact) mass is 504 g/mol. The molecular formula is C32H32N4S. The van der Waals surface area contributed by atoms with Crippen molar-refractivity contribution < 1.29 is 0 Å². The molecule has 5 aromatic rings. The molecule has 0 saturated heterocycles. The van der Waals surface area contributed by atoms with E-state index >= 15 is 0 Å². The third kappa shape index (κ3) is 5.09. The smallest absolute Gasteiger partial charge is 0.0894 e. The van der Waals surface area contributed by atoms with Crippen LogP contribution in [0.5, 0.6) is 0 Å². The van der Waals surface area contributed by atoms with Crippen LogP contribution < -0.4 is 0 Å². The molecule has 0 saturated carbocycles. The Labute approximate surface area is 223 Å². The molecule has 0 aromatic carbocycles. The Bertz CT molecular complexity index is 1410. The maximum atomic E-state index is 5.10. The number of rotatable bonds is 4. The Morgan fingerprint density at radius 1 is 0.459 bits per heavy atom. The highest BCUT2D eigenvalue weighted by atomic mass is 32.1. The quantitative estimate of drug-likeness (QED) is 0.246. The van der Waals surface area contributed by atoms with Crippen LogP contribution in [0.3, 0.4) is 0 Å². The van der Waals surface area contributed by atoms with E-state index in [1.807, 2.05) is 60.9 Å². The van der Waals surface area contributed by atoms with Gasteiger partial charge in [-0.05, 0) is 70.5 Å². The number of hydrogen-bond donors (Lipinski definition) is 0. The van der Waals surface area contributed by atoms with E-state index in [-0.39, 0.29) is 10.8 Å². The van der Waals surface area contributed by atoms with E-state index in [0.29, 0.717) is 0 Å². The van der Waals surface area contributed by atoms with Gasteiger partial charge in [-0.3, -0.25) is 9.97 Å². The van der Waals surface area contributed by atoms with Gasteiger partial charge in [0.1, 0.15) is 0 Å². The summed E-state index contributed by atoms with van der Waals surface area (Å²) < 4.78 is 0. The van der Waals surface area contributed by atoms with Gasteiger partial charge in [-0.2, -0.15) is 0 Å². The predicted octanol–water partition coefficient (Wildman–Crippen LogP) is 8.59. The van der Waals surface area contributed by atoms with E-state index in [1.165, 1.54) is 20.9 Å². The average molecular weight is 505 g/mol. The first-order valence-electron chi connectivity index (χ1n) is 12.6. The summed E-state index contributed by atoms with van der Waals surface area (Å²) in [5, 5.41) is 0. The Hall–Kier alpha value is -3.70. The molecule has 186 valence electrons. The average Bonchev–Trinajstić information content (AvgIpc) is 3.33. The summed E-state index contributed by atoms with van der Waals surface area (Å²) in [5.41, 5.74) is 7.92. The molecule has 0 aliphatic rings. The summed E-state index contributed by atoms with van der Waals surface area (Å²) in [6, 6.07) is 24.3. The van der Waals surface area contributed by atoms with Crippen LogP contribution in [-0.2, 0) is 10.8 Å². The molecule has 0 aliphatic carbocycles. The van der Waals surface area contributed by atoms with Crippen LogP contribution in [-0.4, -0.2) is 19.9 Å². The lowest BCUT2D eigenvalue weighted by atomic mass is 9.74. The molecule has 0 atom stereocenters. The lowest BCUT2D eigenvalue weighted by Gasteiger charge is -2.29. The van der Waals surface area contributed by atoms with E-state index in [0.717, 1.165) is 34.2 Å². The van der Waals surface area contributed by atoms with Crippen LogP contribution >= 0.6 is 11.3 Å². The largest absolute Gasteiger partial charge is 0.255 e. The predicted molar refractivity (Wildman–Crippen MR) is 155 cm³/mol. The fourth-order valence-electron chi connectivity index (χ4n) is 4.66. The summed E-state index contributed by atoms with van der Waals surface area (Å²) in [5.74, 6) is 0. The topological polar surface area (TPSA) is 51.6 Å². The number of aromatic nitrogens is 4. The summed E-state index contributed by atoms with van der Waals surface area (Å²) in [6.07, 6.45) is 3.62. The molecule has 37 heavy (non-hydrogen) atoms. The van der Waals surface area contributed by atoms with Gasteiger partial charge in [0.15, 0.2) is 0 Å². The van der Waals surface area contributed by atoms with Crippen molar-refractivity contribution in [3.05, 3.63) is 96.3 Å². The van der Waals surface area contributed by atoms with E-state index in [2.05, 4.69) is 75.8 Å². The summed E-state index contributed by atoms with van der Waals surface area (Å²) >= 11 is 1.79. The minimum absolute atomic E-state index is 0.0893. The van der Waals surface area contributed by atoms with E-state index in [1.54, 1.807) is 11.3 Å². The van der Waals surface area contributed by atoms with Crippen LogP contribution in [0.1, 0.15) is 52.7 Å². The number of thiophene rings is 1. The Morgan fingerprint density at radius 3 is 1.19 bits per heavy atom. The van der Waals surface area contributed by atoms with Gasteiger partial charge >= 0.3 is 0 Å². The van der Waals surface area contributed by atoms with Crippen molar-refractivity contribution >= 4 is 11.3 Å². The van der Waals surface area contributed by atoms with Crippen molar-refractivity contribution in [1.29, 1.82) is 0 Å². The zero-order chi connectivity index (χ0) is 26.2. The van der Waals surface area contributed by atoms with Gasteiger partial charge in [0.25, 0.3) is 0 Å². The standard InChI is InChI=1S/C32H32N4S/c1-31(2,3)27-28(32(4,5)6)30(26-18-12-16-24(36-26)22-14-8-10-20-34-22)37-29(27)25-17-11-15-23(35-25)21-13-7-9-19-33-21/h7-20H,1-6H3. The fourth-order valence-corrected chi connectivity index (χ4v) is 6.32. The van der Waals surface area contributed by atoms with E-state index < -0.39 is 0 Å². The SMILES string of the molecule is CC(C)(C)c1c(-c2cccc(-c3ccccn3)n2)sc(-c2cccc(-c3ccccn3)n2)c1C(C)(C)C. The Balaban J connectivity index is 1.75. The van der Waals surface area contributed by atoms with Crippen molar-refractivity contribution in [2.24, 2.45) is 0 Å². The van der Waals surface area contributed by atoms with Crippen LogP contribution in [0.4, 0.5) is 0 Å². The first kappa shape index (κ1) is 25.0. The van der Waals surface area contributed by atoms with Crippen LogP contribution in [0, 0.1) is 0 Å². The molecule has 0 fully saturated rings. The van der Waals surface area contributed by atoms with E-state index in [4.69, 9.17) is 9.97 Å². The molecule has 0 radical (unpaired) electrons. The minimum atomic E-state index is -0.0893. The first-order chi connectivity index (χ1) is 17.6. The van der Waals surface area contributed by atoms with Crippen LogP contribution in [0.2, 0.25) is 0 Å². The van der Waals surface area contributed by atoms with Gasteiger partial charge in [0.05, 0.1) is 43.9 Å². The van der Waals surface area contributed by atoms with Crippen molar-refractivity contribution in [3.8, 4) is 43.9 Å². The molecule has 5 heteroatoms. The van der Waals surface area contributed by atoms with Gasteiger partial charge in [-0.25, -0.2) is 9.97 Å². The first-order valence-corrected chi connectivity index (χ1v) is 13.4. The molecule has 5 heterocycles. The molecule has 0 amide bonds. The Morgan fingerprint density at radius 2 is 0.838 bits per heavy atom. The van der Waals surface area contributed by atoms with Crippen molar-refractivity contribution in [3.63, 3.8) is 0 Å². The molecule has 0 bridgehead atoms. The highest BCUT2D eigenvalue weighted by molar-refractivity contribution is 7.19. The lowest BCUT2D eigenvalue weighted by molar-refractivity contribution is 0.536. The maximum Gasteiger partial charge on any atom is 0.0894 e. The molecular weight excluding hydrogens is 472 g/mol. The summed E-state index contributed by atoms with van der Waals surface area (Å²) in [4.78, 5) is 21.6. The second-order valence-corrected chi connectivity index (χ2v) is 12.3. The number of hydrogen-bond acceptors (Lipinski definition) is 5. The molecule has 4 nitrogen and oxygen atoms in total. The number of nitrogens with zero attached hydrogens (tertiary/aromatic N) is 4. The highest BCUT2D eigenvalue weighted by Crippen LogP contribution is 2.50. The maximum absolute atomic E-state index is 5.10. The Kier molecular flexibility index (Phi) is 6.50. The van der Waals surface area contributed by atoms with Gasteiger partial charge in [0.2, 0.25) is 0 Å². The van der Waals surface area contributed by atoms with Gasteiger partial charge in [-0.1, -0.05) is 65.8 Å². The molecule has 0 aliphatic heterocycles. The third-order valence-corrected chi connectivity index (χ3v) is 7.46. The van der Waals surface area contributed by atoms with Crippen LogP contribution in [0.25, 0.3) is 43.9 Å². The van der Waals surface area contributed by atoms with Crippen molar-refractivity contribution in [2.45, 2.75) is 52.4 Å². The summed E-state index contributed by atoms with van der Waals surface area (Å²) in [7, 11) is 0. The highest BCUT2D eigenvalue weighted by Gasteiger charge is 2.34. The fraction of sp³-hybridized carbons (Fsp3) is 0.250. The lowest BCUT2D eigenvalue weighted by Crippen LogP contribution is -2.21. The van der Waals surface area contributed by atoms with Crippen molar-refractivity contribution in [1.82, 2.24) is 19.9 Å². The molecule has 5 rings (SSSR count). The van der Waals surface area contributed by atoms with Gasteiger partial charge < -0.3 is 0 Å². The van der Waals surface area contributed by atoms with Gasteiger partial charge in [0, 0.05) is 12.4 Å². The third-order valence-electron chi connectivity index (χ3n) is 6.23. The second kappa shape index (κ2) is 9.64. The second-order valence-electron chi connectivity index (χ2n) is 11.3. The van der Waals surface area contributed by atoms with Crippen molar-refractivity contribution in [2.75, 3.05) is 0 Å². The molecule has 5 aromatic heterocycles.